The van der Waals surface area contributed by atoms with Gasteiger partial charge in [-0.1, -0.05) is 102 Å². The first-order valence-corrected chi connectivity index (χ1v) is 16.1. The van der Waals surface area contributed by atoms with Gasteiger partial charge in [-0.3, -0.25) is 0 Å². The van der Waals surface area contributed by atoms with Crippen LogP contribution in [0.4, 0.5) is 0 Å². The molecule has 0 spiro atoms. The number of hydrogen-bond acceptors (Lipinski definition) is 0. The van der Waals surface area contributed by atoms with Gasteiger partial charge in [0.25, 0.3) is 0 Å². The van der Waals surface area contributed by atoms with Crippen LogP contribution < -0.4 is 15.9 Å². The van der Waals surface area contributed by atoms with E-state index in [0.29, 0.717) is 16.6 Å². The highest BCUT2D eigenvalue weighted by atomic mass is 31.2. The fraction of sp³-hybridized carbons (Fsp3) is 0.333. The van der Waals surface area contributed by atoms with Crippen LogP contribution >= 0.6 is 7.26 Å². The van der Waals surface area contributed by atoms with Crippen molar-refractivity contribution in [2.24, 2.45) is 0 Å². The van der Waals surface area contributed by atoms with Crippen LogP contribution in [0.3, 0.4) is 0 Å². The molecule has 0 unspecified atom stereocenters. The predicted octanol–water partition coefficient (Wildman–Crippen LogP) is 7.20. The third-order valence-corrected chi connectivity index (χ3v) is 17.6. The molecule has 3 aromatic carbocycles. The van der Waals surface area contributed by atoms with Crippen molar-refractivity contribution in [2.75, 3.05) is 6.16 Å². The minimum absolute atomic E-state index is 0.646. The third-order valence-electron chi connectivity index (χ3n) is 7.08. The summed E-state index contributed by atoms with van der Waals surface area (Å²) in [5, 5.41) is 4.24. The molecule has 32 heavy (non-hydrogen) atoms. The van der Waals surface area contributed by atoms with Crippen LogP contribution in [0.1, 0.15) is 41.5 Å². The van der Waals surface area contributed by atoms with Crippen molar-refractivity contribution in [3.05, 3.63) is 91.0 Å². The van der Waals surface area contributed by atoms with Crippen LogP contribution in [0.25, 0.3) is 0 Å². The quantitative estimate of drug-likeness (QED) is 0.200. The first-order valence-electron chi connectivity index (χ1n) is 11.9. The molecule has 0 nitrogen and oxygen atoms in total. The van der Waals surface area contributed by atoms with Gasteiger partial charge in [-0.25, -0.2) is 0 Å². The topological polar surface area (TPSA) is 0 Å². The van der Waals surface area contributed by atoms with Crippen molar-refractivity contribution in [1.82, 2.24) is 0 Å². The van der Waals surface area contributed by atoms with Gasteiger partial charge in [0, 0.05) is 0 Å². The van der Waals surface area contributed by atoms with Crippen molar-refractivity contribution in [3.8, 4) is 11.5 Å². The van der Waals surface area contributed by atoms with Crippen molar-refractivity contribution in [2.45, 2.75) is 58.2 Å². The molecule has 0 atom stereocenters. The fourth-order valence-corrected chi connectivity index (χ4v) is 14.7. The number of rotatable bonds is 7. The Labute approximate surface area is 197 Å². The lowest BCUT2D eigenvalue weighted by molar-refractivity contribution is 0.838. The van der Waals surface area contributed by atoms with E-state index >= 15 is 0 Å². The largest absolute Gasteiger partial charge is 0.146 e. The Morgan fingerprint density at radius 1 is 0.562 bits per heavy atom. The fourth-order valence-electron chi connectivity index (χ4n) is 5.51. The summed E-state index contributed by atoms with van der Waals surface area (Å²) in [5.74, 6) is 3.87. The lowest BCUT2D eigenvalue weighted by atomic mass is 10.4. The zero-order chi connectivity index (χ0) is 23.2. The average Bonchev–Trinajstić information content (AvgIpc) is 2.80. The molecule has 3 aromatic rings. The Hall–Kier alpha value is -2.13. The molecule has 0 N–H and O–H groups in total. The van der Waals surface area contributed by atoms with Crippen LogP contribution in [-0.4, -0.2) is 14.2 Å². The lowest BCUT2D eigenvalue weighted by Gasteiger charge is -2.38. The second-order valence-corrected chi connectivity index (χ2v) is 18.7. The summed E-state index contributed by atoms with van der Waals surface area (Å²) < 4.78 is 0. The lowest BCUT2D eigenvalue weighted by Crippen LogP contribution is -2.43. The molecule has 0 fully saturated rings. The Bertz CT molecular complexity index is 909. The first-order chi connectivity index (χ1) is 15.4. The van der Waals surface area contributed by atoms with Gasteiger partial charge in [-0.15, -0.1) is 5.54 Å². The smallest absolute Gasteiger partial charge is 0.127 e. The first kappa shape index (κ1) is 24.5. The van der Waals surface area contributed by atoms with E-state index in [9.17, 15) is 0 Å². The second-order valence-electron chi connectivity index (χ2n) is 9.67. The van der Waals surface area contributed by atoms with Gasteiger partial charge < -0.3 is 0 Å². The van der Waals surface area contributed by atoms with Crippen LogP contribution in [0.2, 0.25) is 16.6 Å². The van der Waals surface area contributed by atoms with E-state index in [1.54, 1.807) is 0 Å². The molecule has 0 saturated heterocycles. The molecule has 0 heterocycles. The SMILES string of the molecule is CC(C)[Si](C#CC[P+](c1ccccc1)(c1ccccc1)c1ccccc1)(C(C)C)C(C)C. The van der Waals surface area contributed by atoms with Gasteiger partial charge in [-0.2, -0.15) is 0 Å². The summed E-state index contributed by atoms with van der Waals surface area (Å²) in [6.07, 6.45) is 0.895. The van der Waals surface area contributed by atoms with E-state index < -0.39 is 15.3 Å². The summed E-state index contributed by atoms with van der Waals surface area (Å²) >= 11 is 0. The summed E-state index contributed by atoms with van der Waals surface area (Å²) in [6.45, 7) is 14.4. The van der Waals surface area contributed by atoms with Crippen LogP contribution in [0.5, 0.6) is 0 Å². The van der Waals surface area contributed by atoms with Gasteiger partial charge in [0.15, 0.2) is 0 Å². The summed E-state index contributed by atoms with van der Waals surface area (Å²) in [4.78, 5) is 0. The second kappa shape index (κ2) is 10.7. The molecule has 2 heteroatoms. The van der Waals surface area contributed by atoms with E-state index in [1.165, 1.54) is 15.9 Å². The van der Waals surface area contributed by atoms with Gasteiger partial charge in [0.2, 0.25) is 0 Å². The molecule has 0 aliphatic rings. The Balaban J connectivity index is 2.25. The van der Waals surface area contributed by atoms with Gasteiger partial charge in [0.05, 0.1) is 0 Å². The Kier molecular flexibility index (Phi) is 8.16. The molecule has 3 rings (SSSR count). The normalized spacial score (nSPS) is 12.2. The molecule has 0 amide bonds. The van der Waals surface area contributed by atoms with E-state index in [0.717, 1.165) is 6.16 Å². The highest BCUT2D eigenvalue weighted by Crippen LogP contribution is 2.55. The van der Waals surface area contributed by atoms with Crippen molar-refractivity contribution in [3.63, 3.8) is 0 Å². The molecule has 0 aliphatic heterocycles. The van der Waals surface area contributed by atoms with E-state index in [1.807, 2.05) is 0 Å². The van der Waals surface area contributed by atoms with Gasteiger partial charge >= 0.3 is 0 Å². The van der Waals surface area contributed by atoms with Crippen LogP contribution in [-0.2, 0) is 0 Å². The number of hydrogen-bond donors (Lipinski definition) is 0. The van der Waals surface area contributed by atoms with Crippen molar-refractivity contribution in [1.29, 1.82) is 0 Å². The highest BCUT2D eigenvalue weighted by Gasteiger charge is 2.46. The zero-order valence-corrected chi connectivity index (χ0v) is 22.4. The standard InChI is InChI=1S/C30H38PSi/c1-25(2)32(26(3)4,27(5)6)24-16-23-31(28-17-10-7-11-18-28,29-19-12-8-13-20-29)30-21-14-9-15-22-30/h7-15,17-22,25-27H,23H2,1-6H3/q+1. The predicted molar refractivity (Wildman–Crippen MR) is 149 cm³/mol. The summed E-state index contributed by atoms with van der Waals surface area (Å²) in [7, 11) is -3.65. The highest BCUT2D eigenvalue weighted by molar-refractivity contribution is 7.95. The monoisotopic (exact) mass is 457 g/mol. The molecule has 0 aromatic heterocycles. The zero-order valence-electron chi connectivity index (χ0n) is 20.5. The van der Waals surface area contributed by atoms with E-state index in [2.05, 4.69) is 144 Å². The maximum Gasteiger partial charge on any atom is 0.146 e. The maximum atomic E-state index is 4.01. The maximum absolute atomic E-state index is 4.01. The Morgan fingerprint density at radius 2 is 0.875 bits per heavy atom. The van der Waals surface area contributed by atoms with Gasteiger partial charge in [0.1, 0.15) is 37.4 Å². The molecule has 0 saturated carbocycles. The van der Waals surface area contributed by atoms with E-state index in [-0.39, 0.29) is 0 Å². The molecule has 0 aliphatic carbocycles. The summed E-state index contributed by atoms with van der Waals surface area (Å²) in [6, 6.07) is 33.3. The molecule has 166 valence electrons. The molecule has 0 bridgehead atoms. The number of benzene rings is 3. The molecular formula is C30H38PSi+. The van der Waals surface area contributed by atoms with Crippen molar-refractivity contribution >= 4 is 31.2 Å². The third kappa shape index (κ3) is 4.64. The van der Waals surface area contributed by atoms with Crippen LogP contribution in [0, 0.1) is 11.5 Å². The van der Waals surface area contributed by atoms with Crippen molar-refractivity contribution < 1.29 is 0 Å². The molecule has 0 radical (unpaired) electrons. The average molecular weight is 458 g/mol. The van der Waals surface area contributed by atoms with E-state index in [4.69, 9.17) is 0 Å². The van der Waals surface area contributed by atoms with Gasteiger partial charge in [-0.05, 0) is 53.0 Å². The Morgan fingerprint density at radius 3 is 1.16 bits per heavy atom. The molecular weight excluding hydrogens is 419 g/mol. The van der Waals surface area contributed by atoms with Crippen LogP contribution in [0.15, 0.2) is 91.0 Å². The summed E-state index contributed by atoms with van der Waals surface area (Å²) in [5.41, 5.74) is 5.95. The minimum Gasteiger partial charge on any atom is -0.127 e. The minimum atomic E-state index is -1.88.